The summed E-state index contributed by atoms with van der Waals surface area (Å²) in [5.41, 5.74) is 5.60. The van der Waals surface area contributed by atoms with Crippen LogP contribution in [0.3, 0.4) is 0 Å². The Morgan fingerprint density at radius 3 is 2.32 bits per heavy atom. The van der Waals surface area contributed by atoms with Crippen LogP contribution in [0.1, 0.15) is 39.5 Å². The summed E-state index contributed by atoms with van der Waals surface area (Å²) in [5.74, 6) is -0.0451. The Labute approximate surface area is 112 Å². The Morgan fingerprint density at radius 1 is 1.37 bits per heavy atom. The van der Waals surface area contributed by atoms with Gasteiger partial charge in [-0.2, -0.15) is 13.2 Å². The zero-order valence-electron chi connectivity index (χ0n) is 11.5. The van der Waals surface area contributed by atoms with Gasteiger partial charge in [0.25, 0.3) is 0 Å². The minimum absolute atomic E-state index is 0.0259. The van der Waals surface area contributed by atoms with Crippen LogP contribution < -0.4 is 5.73 Å². The van der Waals surface area contributed by atoms with E-state index in [1.807, 2.05) is 13.8 Å². The lowest BCUT2D eigenvalue weighted by Crippen LogP contribution is -2.41. The minimum atomic E-state index is -4.32. The van der Waals surface area contributed by atoms with Gasteiger partial charge in [-0.25, -0.2) is 0 Å². The molecule has 1 fully saturated rings. The SMILES string of the molecule is CC(C)C[C@H](CN)CC(=O)N(CC(F)(F)F)C1CC1. The maximum Gasteiger partial charge on any atom is 0.406 e. The maximum absolute atomic E-state index is 12.5. The molecule has 1 atom stereocenters. The van der Waals surface area contributed by atoms with Crippen molar-refractivity contribution in [1.82, 2.24) is 4.90 Å². The Kier molecular flexibility index (Phi) is 5.64. The highest BCUT2D eigenvalue weighted by Gasteiger charge is 2.40. The molecule has 0 unspecified atom stereocenters. The molecule has 6 heteroatoms. The van der Waals surface area contributed by atoms with Crippen molar-refractivity contribution in [1.29, 1.82) is 0 Å². The monoisotopic (exact) mass is 280 g/mol. The molecule has 112 valence electrons. The van der Waals surface area contributed by atoms with Crippen molar-refractivity contribution in [3.05, 3.63) is 0 Å². The number of nitrogens with zero attached hydrogens (tertiary/aromatic N) is 1. The molecule has 0 bridgehead atoms. The Hall–Kier alpha value is -0.780. The average molecular weight is 280 g/mol. The Morgan fingerprint density at radius 2 is 1.95 bits per heavy atom. The van der Waals surface area contributed by atoms with Crippen LogP contribution in [0.2, 0.25) is 0 Å². The molecular weight excluding hydrogens is 257 g/mol. The van der Waals surface area contributed by atoms with Gasteiger partial charge in [0.15, 0.2) is 0 Å². The highest BCUT2D eigenvalue weighted by Crippen LogP contribution is 2.31. The molecular formula is C13H23F3N2O. The third-order valence-electron chi connectivity index (χ3n) is 3.26. The zero-order valence-corrected chi connectivity index (χ0v) is 11.5. The summed E-state index contributed by atoms with van der Waals surface area (Å²) in [5, 5.41) is 0. The molecule has 0 spiro atoms. The predicted octanol–water partition coefficient (Wildman–Crippen LogP) is 2.55. The maximum atomic E-state index is 12.5. The van der Waals surface area contributed by atoms with Crippen LogP contribution in [-0.2, 0) is 4.79 Å². The van der Waals surface area contributed by atoms with Crippen molar-refractivity contribution in [2.75, 3.05) is 13.1 Å². The lowest BCUT2D eigenvalue weighted by atomic mass is 9.93. The number of alkyl halides is 3. The smallest absolute Gasteiger partial charge is 0.331 e. The van der Waals surface area contributed by atoms with E-state index in [0.29, 0.717) is 25.3 Å². The van der Waals surface area contributed by atoms with E-state index in [2.05, 4.69) is 0 Å². The molecule has 0 aromatic rings. The van der Waals surface area contributed by atoms with Gasteiger partial charge >= 0.3 is 6.18 Å². The summed E-state index contributed by atoms with van der Waals surface area (Å²) in [6.07, 6.45) is -2.07. The Bertz CT molecular complexity index is 301. The second-order valence-corrected chi connectivity index (χ2v) is 5.80. The molecule has 1 amide bonds. The largest absolute Gasteiger partial charge is 0.406 e. The van der Waals surface area contributed by atoms with Gasteiger partial charge in [-0.3, -0.25) is 4.79 Å². The summed E-state index contributed by atoms with van der Waals surface area (Å²) < 4.78 is 37.4. The second-order valence-electron chi connectivity index (χ2n) is 5.80. The number of hydrogen-bond donors (Lipinski definition) is 1. The number of halogens is 3. The quantitative estimate of drug-likeness (QED) is 0.779. The van der Waals surface area contributed by atoms with E-state index in [9.17, 15) is 18.0 Å². The summed E-state index contributed by atoms with van der Waals surface area (Å²) in [7, 11) is 0. The van der Waals surface area contributed by atoms with Gasteiger partial charge in [-0.1, -0.05) is 13.8 Å². The van der Waals surface area contributed by atoms with Crippen LogP contribution in [0, 0.1) is 11.8 Å². The van der Waals surface area contributed by atoms with E-state index in [1.165, 1.54) is 0 Å². The number of hydrogen-bond acceptors (Lipinski definition) is 2. The topological polar surface area (TPSA) is 46.3 Å². The van der Waals surface area contributed by atoms with E-state index in [4.69, 9.17) is 5.73 Å². The summed E-state index contributed by atoms with van der Waals surface area (Å²) in [6, 6.07) is -0.216. The summed E-state index contributed by atoms with van der Waals surface area (Å²) in [4.78, 5) is 13.0. The summed E-state index contributed by atoms with van der Waals surface area (Å²) in [6.45, 7) is 3.24. The second kappa shape index (κ2) is 6.59. The first-order valence-electron chi connectivity index (χ1n) is 6.79. The fourth-order valence-electron chi connectivity index (χ4n) is 2.29. The molecule has 19 heavy (non-hydrogen) atoms. The van der Waals surface area contributed by atoms with E-state index in [-0.39, 0.29) is 18.4 Å². The van der Waals surface area contributed by atoms with Gasteiger partial charge in [0, 0.05) is 12.5 Å². The first kappa shape index (κ1) is 16.3. The van der Waals surface area contributed by atoms with Crippen molar-refractivity contribution in [3.8, 4) is 0 Å². The van der Waals surface area contributed by atoms with Crippen molar-refractivity contribution < 1.29 is 18.0 Å². The fourth-order valence-corrected chi connectivity index (χ4v) is 2.29. The fraction of sp³-hybridized carbons (Fsp3) is 0.923. The molecule has 0 heterocycles. The van der Waals surface area contributed by atoms with Crippen LogP contribution in [-0.4, -0.2) is 36.1 Å². The van der Waals surface area contributed by atoms with Gasteiger partial charge in [0.05, 0.1) is 0 Å². The standard InChI is InChI=1S/C13H23F3N2O/c1-9(2)5-10(7-17)6-12(19)18(11-3-4-11)8-13(14,15)16/h9-11H,3-8,17H2,1-2H3/t10-/m0/s1. The molecule has 0 aromatic heterocycles. The van der Waals surface area contributed by atoms with Gasteiger partial charge in [-0.15, -0.1) is 0 Å². The van der Waals surface area contributed by atoms with Crippen LogP contribution in [0.5, 0.6) is 0 Å². The van der Waals surface area contributed by atoms with Gasteiger partial charge < -0.3 is 10.6 Å². The van der Waals surface area contributed by atoms with E-state index in [0.717, 1.165) is 11.3 Å². The number of carbonyl (C=O) groups is 1. The van der Waals surface area contributed by atoms with Crippen LogP contribution in [0.25, 0.3) is 0 Å². The van der Waals surface area contributed by atoms with E-state index in [1.54, 1.807) is 0 Å². The average Bonchev–Trinajstić information content (AvgIpc) is 3.06. The van der Waals surface area contributed by atoms with Gasteiger partial charge in [-0.05, 0) is 37.6 Å². The highest BCUT2D eigenvalue weighted by atomic mass is 19.4. The van der Waals surface area contributed by atoms with Crippen molar-refractivity contribution in [2.45, 2.75) is 51.7 Å². The minimum Gasteiger partial charge on any atom is -0.331 e. The van der Waals surface area contributed by atoms with Crippen molar-refractivity contribution in [2.24, 2.45) is 17.6 Å². The normalized spacial score (nSPS) is 17.6. The number of carbonyl (C=O) groups excluding carboxylic acids is 1. The molecule has 1 rings (SSSR count). The molecule has 1 aliphatic rings. The molecule has 1 saturated carbocycles. The van der Waals surface area contributed by atoms with Crippen molar-refractivity contribution in [3.63, 3.8) is 0 Å². The molecule has 1 aliphatic carbocycles. The van der Waals surface area contributed by atoms with Gasteiger partial charge in [0.1, 0.15) is 6.54 Å². The third kappa shape index (κ3) is 6.27. The number of nitrogens with two attached hydrogens (primary N) is 1. The molecule has 2 N–H and O–H groups in total. The van der Waals surface area contributed by atoms with Crippen LogP contribution in [0.15, 0.2) is 0 Å². The highest BCUT2D eigenvalue weighted by molar-refractivity contribution is 5.77. The molecule has 0 aromatic carbocycles. The third-order valence-corrected chi connectivity index (χ3v) is 3.26. The van der Waals surface area contributed by atoms with Crippen molar-refractivity contribution >= 4 is 5.91 Å². The van der Waals surface area contributed by atoms with E-state index < -0.39 is 18.6 Å². The molecule has 3 nitrogen and oxygen atoms in total. The predicted molar refractivity (Wildman–Crippen MR) is 67.4 cm³/mol. The number of amides is 1. The summed E-state index contributed by atoms with van der Waals surface area (Å²) >= 11 is 0. The first-order chi connectivity index (χ1) is 8.73. The van der Waals surface area contributed by atoms with Crippen LogP contribution >= 0.6 is 0 Å². The molecule has 0 saturated heterocycles. The Balaban J connectivity index is 2.56. The first-order valence-corrected chi connectivity index (χ1v) is 6.79. The number of rotatable bonds is 7. The molecule has 0 aliphatic heterocycles. The van der Waals surface area contributed by atoms with Gasteiger partial charge in [0.2, 0.25) is 5.91 Å². The lowest BCUT2D eigenvalue weighted by Gasteiger charge is -2.26. The van der Waals surface area contributed by atoms with Crippen LogP contribution in [0.4, 0.5) is 13.2 Å². The molecule has 0 radical (unpaired) electrons. The van der Waals surface area contributed by atoms with E-state index >= 15 is 0 Å². The lowest BCUT2D eigenvalue weighted by molar-refractivity contribution is -0.163. The zero-order chi connectivity index (χ0) is 14.6.